The molecule has 3 aromatic rings. The minimum Gasteiger partial charge on any atom is -0.496 e. The number of nitrogens with one attached hydrogen (secondary N) is 2. The number of carbonyl (C=O) groups is 1. The Morgan fingerprint density at radius 3 is 2.96 bits per heavy atom. The van der Waals surface area contributed by atoms with Crippen LogP contribution in [0.4, 0.5) is 0 Å². The van der Waals surface area contributed by atoms with E-state index in [1.807, 2.05) is 48.7 Å². The summed E-state index contributed by atoms with van der Waals surface area (Å²) in [6.07, 6.45) is 0. The highest BCUT2D eigenvalue weighted by molar-refractivity contribution is 8.00. The van der Waals surface area contributed by atoms with E-state index in [0.29, 0.717) is 11.7 Å². The largest absolute Gasteiger partial charge is 0.496 e. The highest BCUT2D eigenvalue weighted by Gasteiger charge is 2.18. The van der Waals surface area contributed by atoms with E-state index in [2.05, 4.69) is 20.5 Å². The van der Waals surface area contributed by atoms with Gasteiger partial charge in [0.25, 0.3) is 0 Å². The minimum atomic E-state index is -0.304. The summed E-state index contributed by atoms with van der Waals surface area (Å²) in [5.41, 5.74) is 0.938. The van der Waals surface area contributed by atoms with E-state index in [1.165, 1.54) is 11.8 Å². The van der Waals surface area contributed by atoms with Crippen molar-refractivity contribution < 1.29 is 9.53 Å². The summed E-state index contributed by atoms with van der Waals surface area (Å²) in [7, 11) is 1.62. The van der Waals surface area contributed by atoms with Crippen molar-refractivity contribution in [1.82, 2.24) is 20.5 Å². The lowest BCUT2D eigenvalue weighted by Crippen LogP contribution is -2.30. The van der Waals surface area contributed by atoms with Crippen LogP contribution in [0.2, 0.25) is 0 Å². The smallest absolute Gasteiger partial charge is 0.233 e. The van der Waals surface area contributed by atoms with Gasteiger partial charge >= 0.3 is 0 Å². The Balaban J connectivity index is 1.56. The highest BCUT2D eigenvalue weighted by Crippen LogP contribution is 2.25. The quantitative estimate of drug-likeness (QED) is 0.620. The van der Waals surface area contributed by atoms with Crippen molar-refractivity contribution in [2.45, 2.75) is 23.9 Å². The van der Waals surface area contributed by atoms with E-state index in [-0.39, 0.29) is 11.2 Å². The molecule has 0 radical (unpaired) electrons. The molecule has 0 aliphatic carbocycles. The number of ether oxygens (including phenoxy) is 1. The number of thiophene rings is 1. The summed E-state index contributed by atoms with van der Waals surface area (Å²) in [4.78, 5) is 17.8. The molecule has 0 bridgehead atoms. The number of rotatable bonds is 7. The third-order valence-corrected chi connectivity index (χ3v) is 5.35. The molecule has 2 heterocycles. The number of para-hydroxylation sites is 1. The van der Waals surface area contributed by atoms with Gasteiger partial charge in [-0.15, -0.1) is 16.4 Å². The van der Waals surface area contributed by atoms with Gasteiger partial charge in [0.05, 0.1) is 17.2 Å². The average Bonchev–Trinajstić information content (AvgIpc) is 3.31. The maximum atomic E-state index is 12.3. The van der Waals surface area contributed by atoms with Gasteiger partial charge in [-0.1, -0.05) is 36.0 Å². The number of hydrogen-bond acceptors (Lipinski definition) is 6. The van der Waals surface area contributed by atoms with Crippen molar-refractivity contribution >= 4 is 29.0 Å². The first-order valence-electron chi connectivity index (χ1n) is 7.70. The first-order valence-corrected chi connectivity index (χ1v) is 9.46. The molecule has 1 atom stereocenters. The second kappa shape index (κ2) is 8.17. The Kier molecular flexibility index (Phi) is 5.72. The number of aromatic nitrogens is 3. The van der Waals surface area contributed by atoms with Crippen LogP contribution < -0.4 is 10.1 Å². The molecule has 0 spiro atoms. The Morgan fingerprint density at radius 1 is 1.36 bits per heavy atom. The molecule has 0 aliphatic rings. The first-order chi connectivity index (χ1) is 12.2. The summed E-state index contributed by atoms with van der Waals surface area (Å²) >= 11 is 2.91. The highest BCUT2D eigenvalue weighted by atomic mass is 32.2. The Hall–Kier alpha value is -2.32. The summed E-state index contributed by atoms with van der Waals surface area (Å²) in [6, 6.07) is 11.6. The summed E-state index contributed by atoms with van der Waals surface area (Å²) in [6.45, 7) is 2.26. The summed E-state index contributed by atoms with van der Waals surface area (Å²) in [5.74, 6) is 1.41. The Morgan fingerprint density at radius 2 is 2.20 bits per heavy atom. The fourth-order valence-electron chi connectivity index (χ4n) is 2.21. The Bertz CT molecular complexity index is 833. The van der Waals surface area contributed by atoms with Gasteiger partial charge in [0.15, 0.2) is 5.82 Å². The van der Waals surface area contributed by atoms with Gasteiger partial charge in [-0.05, 0) is 24.4 Å². The molecular weight excluding hydrogens is 356 g/mol. The van der Waals surface area contributed by atoms with E-state index in [9.17, 15) is 4.79 Å². The third kappa shape index (κ3) is 4.40. The molecule has 2 N–H and O–H groups in total. The second-order valence-corrected chi connectivity index (χ2v) is 7.49. The number of carbonyl (C=O) groups excluding carboxylic acids is 1. The molecule has 0 fully saturated rings. The van der Waals surface area contributed by atoms with Crippen LogP contribution in [-0.4, -0.2) is 33.4 Å². The maximum Gasteiger partial charge on any atom is 0.233 e. The van der Waals surface area contributed by atoms with E-state index < -0.39 is 0 Å². The van der Waals surface area contributed by atoms with E-state index in [0.717, 1.165) is 22.0 Å². The molecule has 130 valence electrons. The van der Waals surface area contributed by atoms with E-state index in [4.69, 9.17) is 4.74 Å². The number of aromatic amines is 1. The number of benzene rings is 1. The topological polar surface area (TPSA) is 79.9 Å². The fourth-order valence-corrected chi connectivity index (χ4v) is 3.62. The third-order valence-electron chi connectivity index (χ3n) is 3.52. The van der Waals surface area contributed by atoms with Crippen LogP contribution in [0.5, 0.6) is 5.75 Å². The van der Waals surface area contributed by atoms with Crippen LogP contribution in [0.15, 0.2) is 46.9 Å². The molecular formula is C17H18N4O2S2. The van der Waals surface area contributed by atoms with Gasteiger partial charge < -0.3 is 10.1 Å². The van der Waals surface area contributed by atoms with Crippen LogP contribution in [-0.2, 0) is 11.3 Å². The molecule has 1 aromatic carbocycles. The number of amides is 1. The molecule has 25 heavy (non-hydrogen) atoms. The lowest BCUT2D eigenvalue weighted by atomic mass is 10.2. The molecule has 1 amide bonds. The normalized spacial score (nSPS) is 11.9. The lowest BCUT2D eigenvalue weighted by molar-refractivity contribution is -0.120. The van der Waals surface area contributed by atoms with Crippen LogP contribution in [0.1, 0.15) is 12.5 Å². The summed E-state index contributed by atoms with van der Waals surface area (Å²) in [5, 5.41) is 12.2. The molecule has 3 rings (SSSR count). The number of hydrogen-bond donors (Lipinski definition) is 2. The predicted molar refractivity (Wildman–Crippen MR) is 99.9 cm³/mol. The monoisotopic (exact) mass is 374 g/mol. The summed E-state index contributed by atoms with van der Waals surface area (Å²) < 4.78 is 5.29. The Labute approximate surface area is 154 Å². The van der Waals surface area contributed by atoms with Crippen LogP contribution in [0.25, 0.3) is 10.7 Å². The lowest BCUT2D eigenvalue weighted by Gasteiger charge is -2.12. The van der Waals surface area contributed by atoms with Crippen molar-refractivity contribution in [3.05, 3.63) is 47.3 Å². The zero-order valence-corrected chi connectivity index (χ0v) is 15.5. The van der Waals surface area contributed by atoms with E-state index >= 15 is 0 Å². The standard InChI is InChI=1S/C17H18N4O2S2/c1-11(16(22)18-10-12-6-3-4-7-13(12)23-2)25-17-19-15(20-21-17)14-8-5-9-24-14/h3-9,11H,10H2,1-2H3,(H,18,22)(H,19,20,21). The van der Waals surface area contributed by atoms with Gasteiger partial charge in [0, 0.05) is 12.1 Å². The van der Waals surface area contributed by atoms with Gasteiger partial charge in [-0.2, -0.15) is 0 Å². The van der Waals surface area contributed by atoms with Crippen LogP contribution >= 0.6 is 23.1 Å². The SMILES string of the molecule is COc1ccccc1CNC(=O)C(C)Sc1n[nH]c(-c2cccs2)n1. The molecule has 2 aromatic heterocycles. The zero-order valence-electron chi connectivity index (χ0n) is 13.9. The second-order valence-electron chi connectivity index (χ2n) is 5.23. The van der Waals surface area contributed by atoms with Crippen molar-refractivity contribution in [2.75, 3.05) is 7.11 Å². The van der Waals surface area contributed by atoms with Gasteiger partial charge in [-0.3, -0.25) is 9.89 Å². The van der Waals surface area contributed by atoms with Crippen LogP contribution in [0, 0.1) is 0 Å². The number of nitrogens with zero attached hydrogens (tertiary/aromatic N) is 2. The molecule has 0 saturated heterocycles. The zero-order chi connectivity index (χ0) is 17.6. The average molecular weight is 374 g/mol. The van der Waals surface area contributed by atoms with Gasteiger partial charge in [-0.25, -0.2) is 4.98 Å². The molecule has 0 aliphatic heterocycles. The number of H-pyrrole nitrogens is 1. The molecule has 1 unspecified atom stereocenters. The molecule has 8 heteroatoms. The number of methoxy groups -OCH3 is 1. The fraction of sp³-hybridized carbons (Fsp3) is 0.235. The van der Waals surface area contributed by atoms with Crippen LogP contribution in [0.3, 0.4) is 0 Å². The maximum absolute atomic E-state index is 12.3. The van der Waals surface area contributed by atoms with Crippen molar-refractivity contribution in [2.24, 2.45) is 0 Å². The molecule has 6 nitrogen and oxygen atoms in total. The predicted octanol–water partition coefficient (Wildman–Crippen LogP) is 3.34. The van der Waals surface area contributed by atoms with Crippen molar-refractivity contribution in [1.29, 1.82) is 0 Å². The minimum absolute atomic E-state index is 0.0709. The van der Waals surface area contributed by atoms with Gasteiger partial charge in [0.1, 0.15) is 5.75 Å². The molecule has 0 saturated carbocycles. The van der Waals surface area contributed by atoms with E-state index in [1.54, 1.807) is 18.4 Å². The van der Waals surface area contributed by atoms with Gasteiger partial charge in [0.2, 0.25) is 11.1 Å². The first kappa shape index (κ1) is 17.5. The number of thioether (sulfide) groups is 1. The van der Waals surface area contributed by atoms with Crippen molar-refractivity contribution in [3.63, 3.8) is 0 Å². The van der Waals surface area contributed by atoms with Crippen molar-refractivity contribution in [3.8, 4) is 16.5 Å².